The molecule has 0 saturated heterocycles. The number of carbonyl (C=O) groups is 2. The highest BCUT2D eigenvalue weighted by molar-refractivity contribution is 6.31. The van der Waals surface area contributed by atoms with Gasteiger partial charge in [-0.15, -0.1) is 0 Å². The lowest BCUT2D eigenvalue weighted by molar-refractivity contribution is -0.121. The van der Waals surface area contributed by atoms with Crippen LogP contribution in [0, 0.1) is 5.82 Å². The maximum Gasteiger partial charge on any atom is 0.269 e. The molecule has 2 rings (SSSR count). The number of benzene rings is 2. The van der Waals surface area contributed by atoms with Crippen LogP contribution in [0.1, 0.15) is 29.8 Å². The summed E-state index contributed by atoms with van der Waals surface area (Å²) in [6.45, 7) is 3.74. The number of hydrogen-bond donors (Lipinski definition) is 2. The predicted molar refractivity (Wildman–Crippen MR) is 99.5 cm³/mol. The Hall–Kier alpha value is -2.80. The molecule has 2 amide bonds. The monoisotopic (exact) mass is 394 g/mol. The Morgan fingerprint density at radius 3 is 2.52 bits per heavy atom. The molecular weight excluding hydrogens is 375 g/mol. The molecule has 0 radical (unpaired) electrons. The number of hydrogen-bond acceptors (Lipinski definition) is 4. The van der Waals surface area contributed by atoms with Crippen molar-refractivity contribution in [1.29, 1.82) is 0 Å². The molecule has 0 aliphatic heterocycles. The zero-order chi connectivity index (χ0) is 20.0. The van der Waals surface area contributed by atoms with Gasteiger partial charge in [-0.25, -0.2) is 4.39 Å². The van der Waals surface area contributed by atoms with Crippen LogP contribution in [0.25, 0.3) is 0 Å². The molecule has 0 atom stereocenters. The van der Waals surface area contributed by atoms with Crippen molar-refractivity contribution in [2.75, 3.05) is 7.11 Å². The molecule has 0 bridgehead atoms. The fourth-order valence-electron chi connectivity index (χ4n) is 2.26. The predicted octanol–water partition coefficient (Wildman–Crippen LogP) is 3.28. The summed E-state index contributed by atoms with van der Waals surface area (Å²) in [6, 6.07) is 8.77. The van der Waals surface area contributed by atoms with Crippen molar-refractivity contribution in [3.8, 4) is 11.5 Å². The van der Waals surface area contributed by atoms with Crippen molar-refractivity contribution in [3.63, 3.8) is 0 Å². The van der Waals surface area contributed by atoms with Gasteiger partial charge in [0.25, 0.3) is 5.91 Å². The smallest absolute Gasteiger partial charge is 0.269 e. The minimum absolute atomic E-state index is 0.0527. The molecule has 144 valence electrons. The van der Waals surface area contributed by atoms with E-state index in [0.29, 0.717) is 11.5 Å². The molecule has 0 aromatic heterocycles. The minimum Gasteiger partial charge on any atom is -0.493 e. The van der Waals surface area contributed by atoms with Gasteiger partial charge in [-0.05, 0) is 44.2 Å². The van der Waals surface area contributed by atoms with Gasteiger partial charge in [-0.1, -0.05) is 17.7 Å². The second-order valence-electron chi connectivity index (χ2n) is 5.91. The lowest BCUT2D eigenvalue weighted by Crippen LogP contribution is -2.42. The lowest BCUT2D eigenvalue weighted by Gasteiger charge is -2.14. The van der Waals surface area contributed by atoms with E-state index in [0.717, 1.165) is 0 Å². The number of carbonyl (C=O) groups excluding carboxylic acids is 2. The van der Waals surface area contributed by atoms with Gasteiger partial charge in [0.1, 0.15) is 5.82 Å². The van der Waals surface area contributed by atoms with E-state index in [1.54, 1.807) is 6.07 Å². The molecule has 0 unspecified atom stereocenters. The van der Waals surface area contributed by atoms with Crippen LogP contribution in [0.5, 0.6) is 11.5 Å². The molecule has 0 heterocycles. The highest BCUT2D eigenvalue weighted by atomic mass is 35.5. The summed E-state index contributed by atoms with van der Waals surface area (Å²) in [5, 5.41) is 0.141. The van der Waals surface area contributed by atoms with Gasteiger partial charge in [0.05, 0.1) is 19.6 Å². The van der Waals surface area contributed by atoms with Crippen molar-refractivity contribution in [3.05, 3.63) is 58.4 Å². The number of rotatable bonds is 6. The largest absolute Gasteiger partial charge is 0.493 e. The van der Waals surface area contributed by atoms with Crippen molar-refractivity contribution < 1.29 is 23.5 Å². The van der Waals surface area contributed by atoms with E-state index >= 15 is 0 Å². The average Bonchev–Trinajstić information content (AvgIpc) is 2.62. The molecule has 0 fully saturated rings. The number of ether oxygens (including phenoxy) is 2. The van der Waals surface area contributed by atoms with E-state index in [4.69, 9.17) is 21.1 Å². The molecule has 2 N–H and O–H groups in total. The standard InChI is InChI=1S/C19H20ClFN2O4/c1-11(2)27-16-8-7-12(9-17(16)26-3)19(25)23-22-18(24)10-13-14(20)5-4-6-15(13)21/h4-9,11H,10H2,1-3H3,(H,22,24)(H,23,25). The van der Waals surface area contributed by atoms with Crippen LogP contribution in [0.2, 0.25) is 5.02 Å². The van der Waals surface area contributed by atoms with Crippen LogP contribution >= 0.6 is 11.6 Å². The van der Waals surface area contributed by atoms with Crippen LogP contribution in [-0.2, 0) is 11.2 Å². The second-order valence-corrected chi connectivity index (χ2v) is 6.32. The Balaban J connectivity index is 2.00. The highest BCUT2D eigenvalue weighted by Gasteiger charge is 2.15. The molecular formula is C19H20ClFN2O4. The number of halogens is 2. The second kappa shape index (κ2) is 9.23. The molecule has 2 aromatic carbocycles. The van der Waals surface area contributed by atoms with Crippen molar-refractivity contribution >= 4 is 23.4 Å². The zero-order valence-electron chi connectivity index (χ0n) is 15.1. The van der Waals surface area contributed by atoms with Crippen molar-refractivity contribution in [2.45, 2.75) is 26.4 Å². The summed E-state index contributed by atoms with van der Waals surface area (Å²) in [5.74, 6) is -0.864. The first-order valence-corrected chi connectivity index (χ1v) is 8.56. The Morgan fingerprint density at radius 1 is 1.15 bits per heavy atom. The summed E-state index contributed by atoms with van der Waals surface area (Å²) in [7, 11) is 1.46. The summed E-state index contributed by atoms with van der Waals surface area (Å²) >= 11 is 5.88. The van der Waals surface area contributed by atoms with Gasteiger partial charge in [0.15, 0.2) is 11.5 Å². The first-order valence-electron chi connectivity index (χ1n) is 8.18. The van der Waals surface area contributed by atoms with Crippen LogP contribution in [0.4, 0.5) is 4.39 Å². The highest BCUT2D eigenvalue weighted by Crippen LogP contribution is 2.28. The molecule has 0 saturated carbocycles. The molecule has 2 aromatic rings. The third-order valence-electron chi connectivity index (χ3n) is 3.50. The van der Waals surface area contributed by atoms with Crippen LogP contribution < -0.4 is 20.3 Å². The lowest BCUT2D eigenvalue weighted by atomic mass is 10.1. The topological polar surface area (TPSA) is 76.7 Å². The Bertz CT molecular complexity index is 822. The van der Waals surface area contributed by atoms with E-state index in [-0.39, 0.29) is 28.7 Å². The molecule has 0 spiro atoms. The third-order valence-corrected chi connectivity index (χ3v) is 3.86. The summed E-state index contributed by atoms with van der Waals surface area (Å²) in [4.78, 5) is 24.2. The third kappa shape index (κ3) is 5.59. The first kappa shape index (κ1) is 20.5. The minimum atomic E-state index is -0.609. The van der Waals surface area contributed by atoms with E-state index in [9.17, 15) is 14.0 Å². The number of hydrazine groups is 1. The van der Waals surface area contributed by atoms with Gasteiger partial charge in [0.2, 0.25) is 5.91 Å². The van der Waals surface area contributed by atoms with Gasteiger partial charge in [-0.3, -0.25) is 20.4 Å². The summed E-state index contributed by atoms with van der Waals surface area (Å²) < 4.78 is 24.5. The van der Waals surface area contributed by atoms with Gasteiger partial charge in [-0.2, -0.15) is 0 Å². The Morgan fingerprint density at radius 2 is 1.89 bits per heavy atom. The summed E-state index contributed by atoms with van der Waals surface area (Å²) in [5.41, 5.74) is 4.82. The zero-order valence-corrected chi connectivity index (χ0v) is 15.9. The van der Waals surface area contributed by atoms with Crippen molar-refractivity contribution in [1.82, 2.24) is 10.9 Å². The number of nitrogens with one attached hydrogen (secondary N) is 2. The molecule has 0 aliphatic carbocycles. The van der Waals surface area contributed by atoms with E-state index in [2.05, 4.69) is 10.9 Å². The van der Waals surface area contributed by atoms with Crippen LogP contribution in [-0.4, -0.2) is 25.0 Å². The molecule has 8 heteroatoms. The molecule has 0 aliphatic rings. The molecule has 6 nitrogen and oxygen atoms in total. The van der Waals surface area contributed by atoms with Crippen LogP contribution in [0.15, 0.2) is 36.4 Å². The molecule has 27 heavy (non-hydrogen) atoms. The fourth-order valence-corrected chi connectivity index (χ4v) is 2.49. The van der Waals surface area contributed by atoms with Crippen LogP contribution in [0.3, 0.4) is 0 Å². The number of amides is 2. The SMILES string of the molecule is COc1cc(C(=O)NNC(=O)Cc2c(F)cccc2Cl)ccc1OC(C)C. The first-order chi connectivity index (χ1) is 12.8. The van der Waals surface area contributed by atoms with Gasteiger partial charge >= 0.3 is 0 Å². The van der Waals surface area contributed by atoms with Gasteiger partial charge < -0.3 is 9.47 Å². The Kier molecular flexibility index (Phi) is 7.01. The Labute approximate surface area is 161 Å². The number of methoxy groups -OCH3 is 1. The maximum atomic E-state index is 13.7. The maximum absolute atomic E-state index is 13.7. The average molecular weight is 395 g/mol. The fraction of sp³-hybridized carbons (Fsp3) is 0.263. The van der Waals surface area contributed by atoms with E-state index < -0.39 is 17.6 Å². The summed E-state index contributed by atoms with van der Waals surface area (Å²) in [6.07, 6.45) is -0.362. The normalized spacial score (nSPS) is 10.4. The van der Waals surface area contributed by atoms with E-state index in [1.807, 2.05) is 13.8 Å². The van der Waals surface area contributed by atoms with E-state index in [1.165, 1.54) is 37.4 Å². The van der Waals surface area contributed by atoms with Gasteiger partial charge in [0, 0.05) is 16.1 Å². The van der Waals surface area contributed by atoms with Crippen molar-refractivity contribution in [2.24, 2.45) is 0 Å². The quantitative estimate of drug-likeness (QED) is 0.737.